The third-order valence-electron chi connectivity index (χ3n) is 4.38. The number of nitrogens with zero attached hydrogens (tertiary/aromatic N) is 2. The van der Waals surface area contributed by atoms with Gasteiger partial charge >= 0.3 is 6.03 Å². The maximum Gasteiger partial charge on any atom is 0.322 e. The number of anilines is 1. The summed E-state index contributed by atoms with van der Waals surface area (Å²) in [5, 5.41) is 5.37. The molecule has 0 unspecified atom stereocenters. The number of carbonyl (C=O) groups is 2. The third kappa shape index (κ3) is 3.49. The fourth-order valence-electron chi connectivity index (χ4n) is 2.84. The van der Waals surface area contributed by atoms with E-state index in [0.29, 0.717) is 5.69 Å². The van der Waals surface area contributed by atoms with Gasteiger partial charge in [-0.25, -0.2) is 13.6 Å². The van der Waals surface area contributed by atoms with E-state index >= 15 is 0 Å². The number of halogens is 2. The second-order valence-electron chi connectivity index (χ2n) is 6.16. The number of pyridine rings is 1. The van der Waals surface area contributed by atoms with Crippen molar-refractivity contribution in [1.82, 2.24) is 15.2 Å². The minimum absolute atomic E-state index is 0.171. The molecule has 1 aromatic carbocycles. The van der Waals surface area contributed by atoms with Gasteiger partial charge < -0.3 is 15.5 Å². The molecule has 1 aliphatic heterocycles. The first-order chi connectivity index (χ1) is 12.4. The summed E-state index contributed by atoms with van der Waals surface area (Å²) in [6, 6.07) is 3.02. The molecule has 2 atom stereocenters. The number of amides is 3. The lowest BCUT2D eigenvalue weighted by Crippen LogP contribution is -2.51. The first-order valence-corrected chi connectivity index (χ1v) is 8.12. The molecule has 0 bridgehead atoms. The Bertz CT molecular complexity index is 859. The number of hydrogen-bond acceptors (Lipinski definition) is 3. The molecule has 0 aliphatic carbocycles. The Balaban J connectivity index is 1.70. The van der Waals surface area contributed by atoms with E-state index in [4.69, 9.17) is 0 Å². The van der Waals surface area contributed by atoms with Crippen LogP contribution in [0, 0.1) is 11.6 Å². The van der Waals surface area contributed by atoms with Gasteiger partial charge in [0.05, 0.1) is 18.3 Å². The van der Waals surface area contributed by atoms with E-state index in [1.807, 2.05) is 0 Å². The van der Waals surface area contributed by atoms with E-state index in [9.17, 15) is 18.4 Å². The van der Waals surface area contributed by atoms with Crippen LogP contribution in [0.3, 0.4) is 0 Å². The van der Waals surface area contributed by atoms with Crippen molar-refractivity contribution < 1.29 is 18.4 Å². The van der Waals surface area contributed by atoms with Gasteiger partial charge in [0.2, 0.25) is 5.91 Å². The summed E-state index contributed by atoms with van der Waals surface area (Å²) in [6.07, 6.45) is 3.20. The number of hydrogen-bond donors (Lipinski definition) is 2. The number of aromatic nitrogens is 1. The average molecular weight is 360 g/mol. The van der Waals surface area contributed by atoms with Gasteiger partial charge in [-0.15, -0.1) is 0 Å². The molecule has 1 aromatic heterocycles. The van der Waals surface area contributed by atoms with E-state index < -0.39 is 35.7 Å². The smallest absolute Gasteiger partial charge is 0.322 e. The van der Waals surface area contributed by atoms with Gasteiger partial charge in [-0.05, 0) is 26.0 Å². The summed E-state index contributed by atoms with van der Waals surface area (Å²) in [4.78, 5) is 30.2. The quantitative estimate of drug-likeness (QED) is 0.880. The fraction of sp³-hybridized carbons (Fsp3) is 0.278. The maximum absolute atomic E-state index is 13.9. The van der Waals surface area contributed by atoms with Crippen LogP contribution in [-0.2, 0) is 11.3 Å². The number of urea groups is 1. The number of fused-ring (bicyclic) bond motifs is 1. The molecule has 2 aromatic rings. The van der Waals surface area contributed by atoms with Crippen LogP contribution >= 0.6 is 0 Å². The molecule has 6 nitrogen and oxygen atoms in total. The zero-order valence-corrected chi connectivity index (χ0v) is 14.3. The van der Waals surface area contributed by atoms with Crippen molar-refractivity contribution in [2.75, 3.05) is 5.32 Å². The number of rotatable bonds is 4. The van der Waals surface area contributed by atoms with E-state index in [-0.39, 0.29) is 12.1 Å². The molecule has 0 fully saturated rings. The summed E-state index contributed by atoms with van der Waals surface area (Å²) in [5.74, 6) is -1.86. The first kappa shape index (κ1) is 17.8. The molecular formula is C18H18F2N4O2. The van der Waals surface area contributed by atoms with Gasteiger partial charge in [-0.2, -0.15) is 0 Å². The lowest BCUT2D eigenvalue weighted by molar-refractivity contribution is -0.125. The normalized spacial score (nSPS) is 15.7. The van der Waals surface area contributed by atoms with Crippen molar-refractivity contribution in [2.24, 2.45) is 0 Å². The van der Waals surface area contributed by atoms with Gasteiger partial charge in [0.25, 0.3) is 0 Å². The fourth-order valence-corrected chi connectivity index (χ4v) is 2.84. The molecule has 0 spiro atoms. The van der Waals surface area contributed by atoms with Crippen LogP contribution in [0.25, 0.3) is 0 Å². The Labute approximate surface area is 149 Å². The van der Waals surface area contributed by atoms with Gasteiger partial charge in [-0.1, -0.05) is 6.07 Å². The van der Waals surface area contributed by atoms with Crippen LogP contribution < -0.4 is 10.6 Å². The first-order valence-electron chi connectivity index (χ1n) is 8.12. The summed E-state index contributed by atoms with van der Waals surface area (Å²) in [6.45, 7) is 3.42. The number of benzene rings is 1. The number of nitrogens with one attached hydrogen (secondary N) is 2. The molecule has 8 heteroatoms. The van der Waals surface area contributed by atoms with E-state index in [2.05, 4.69) is 15.6 Å². The van der Waals surface area contributed by atoms with E-state index in [1.54, 1.807) is 32.3 Å². The predicted octanol–water partition coefficient (Wildman–Crippen LogP) is 2.97. The summed E-state index contributed by atoms with van der Waals surface area (Å²) < 4.78 is 26.9. The van der Waals surface area contributed by atoms with Crippen molar-refractivity contribution in [3.8, 4) is 0 Å². The molecule has 26 heavy (non-hydrogen) atoms. The molecule has 3 amide bonds. The standard InChI is InChI=1S/C18H18F2N4O2/c1-10(14-4-3-13(19)7-15(14)20)22-17(25)11(2)24-9-12-8-21-6-5-16(12)23-18(24)26/h3-8,10-11H,9H2,1-2H3,(H,22,25)(H,23,26)/t10-,11-/m0/s1. The van der Waals surface area contributed by atoms with Crippen LogP contribution in [0.5, 0.6) is 0 Å². The largest absolute Gasteiger partial charge is 0.348 e. The molecule has 136 valence electrons. The minimum atomic E-state index is -0.783. The van der Waals surface area contributed by atoms with E-state index in [0.717, 1.165) is 17.7 Å². The zero-order valence-electron chi connectivity index (χ0n) is 14.3. The molecule has 3 rings (SSSR count). The number of carbonyl (C=O) groups excluding carboxylic acids is 2. The third-order valence-corrected chi connectivity index (χ3v) is 4.38. The van der Waals surface area contributed by atoms with Crippen LogP contribution in [0.4, 0.5) is 19.3 Å². The summed E-state index contributed by atoms with van der Waals surface area (Å²) in [7, 11) is 0. The Morgan fingerprint density at radius 1 is 1.31 bits per heavy atom. The van der Waals surface area contributed by atoms with Crippen molar-refractivity contribution in [1.29, 1.82) is 0 Å². The second-order valence-corrected chi connectivity index (χ2v) is 6.16. The minimum Gasteiger partial charge on any atom is -0.348 e. The van der Waals surface area contributed by atoms with Crippen LogP contribution in [0.15, 0.2) is 36.7 Å². The van der Waals surface area contributed by atoms with Crippen LogP contribution in [0.2, 0.25) is 0 Å². The van der Waals surface area contributed by atoms with Gasteiger partial charge in [0.15, 0.2) is 0 Å². The Morgan fingerprint density at radius 2 is 2.08 bits per heavy atom. The van der Waals surface area contributed by atoms with Crippen molar-refractivity contribution in [2.45, 2.75) is 32.5 Å². The van der Waals surface area contributed by atoms with E-state index in [1.165, 1.54) is 11.0 Å². The summed E-state index contributed by atoms with van der Waals surface area (Å²) >= 11 is 0. The molecule has 0 saturated heterocycles. The molecule has 1 aliphatic rings. The topological polar surface area (TPSA) is 74.3 Å². The van der Waals surface area contributed by atoms with Crippen LogP contribution in [0.1, 0.15) is 31.0 Å². The Kier molecular flexibility index (Phi) is 4.83. The van der Waals surface area contributed by atoms with Crippen molar-refractivity contribution in [3.63, 3.8) is 0 Å². The second kappa shape index (κ2) is 7.07. The molecule has 0 radical (unpaired) electrons. The molecular weight excluding hydrogens is 342 g/mol. The SMILES string of the molecule is C[C@H](NC(=O)[C@H](C)N1Cc2cnccc2NC1=O)c1ccc(F)cc1F. The highest BCUT2D eigenvalue weighted by Crippen LogP contribution is 2.24. The monoisotopic (exact) mass is 360 g/mol. The van der Waals surface area contributed by atoms with Gasteiger partial charge in [-0.3, -0.25) is 9.78 Å². The highest BCUT2D eigenvalue weighted by molar-refractivity contribution is 5.95. The maximum atomic E-state index is 13.9. The molecule has 2 heterocycles. The lowest BCUT2D eigenvalue weighted by atomic mass is 10.1. The van der Waals surface area contributed by atoms with Crippen molar-refractivity contribution in [3.05, 3.63) is 59.4 Å². The molecule has 0 saturated carbocycles. The Morgan fingerprint density at radius 3 is 2.81 bits per heavy atom. The lowest BCUT2D eigenvalue weighted by Gasteiger charge is -2.33. The zero-order chi connectivity index (χ0) is 18.8. The van der Waals surface area contributed by atoms with Gasteiger partial charge in [0.1, 0.15) is 17.7 Å². The predicted molar refractivity (Wildman–Crippen MR) is 91.2 cm³/mol. The van der Waals surface area contributed by atoms with Crippen molar-refractivity contribution >= 4 is 17.6 Å². The highest BCUT2D eigenvalue weighted by atomic mass is 19.1. The summed E-state index contributed by atoms with van der Waals surface area (Å²) in [5.41, 5.74) is 1.63. The highest BCUT2D eigenvalue weighted by Gasteiger charge is 2.31. The molecule has 2 N–H and O–H groups in total. The van der Waals surface area contributed by atoms with Crippen LogP contribution in [-0.4, -0.2) is 27.9 Å². The Hall–Kier alpha value is -3.03. The average Bonchev–Trinajstić information content (AvgIpc) is 2.60. The van der Waals surface area contributed by atoms with Gasteiger partial charge in [0, 0.05) is 29.6 Å².